The Labute approximate surface area is 180 Å². The summed E-state index contributed by atoms with van der Waals surface area (Å²) in [6.45, 7) is 2.21. The minimum atomic E-state index is -0.504. The minimum Gasteiger partial charge on any atom is -0.493 e. The van der Waals surface area contributed by atoms with Crippen LogP contribution in [0.4, 0.5) is 5.69 Å². The van der Waals surface area contributed by atoms with E-state index in [9.17, 15) is 9.59 Å². The van der Waals surface area contributed by atoms with Gasteiger partial charge in [-0.05, 0) is 55.0 Å². The average molecular weight is 426 g/mol. The lowest BCUT2D eigenvalue weighted by Gasteiger charge is -2.19. The van der Waals surface area contributed by atoms with Gasteiger partial charge in [-0.25, -0.2) is 0 Å². The quantitative estimate of drug-likeness (QED) is 0.382. The molecular weight excluding hydrogens is 404 g/mol. The van der Waals surface area contributed by atoms with E-state index in [4.69, 9.17) is 26.4 Å². The molecule has 1 aliphatic heterocycles. The molecule has 0 bridgehead atoms. The highest BCUT2D eigenvalue weighted by Crippen LogP contribution is 2.32. The van der Waals surface area contributed by atoms with Gasteiger partial charge in [-0.15, -0.1) is 0 Å². The first kappa shape index (κ1) is 21.3. The Kier molecular flexibility index (Phi) is 6.68. The van der Waals surface area contributed by atoms with Gasteiger partial charge in [0.2, 0.25) is 0 Å². The predicted molar refractivity (Wildman–Crippen MR) is 117 cm³/mol. The molecule has 0 unspecified atom stereocenters. The van der Waals surface area contributed by atoms with Crippen LogP contribution >= 0.6 is 12.2 Å². The maximum atomic E-state index is 13.2. The van der Waals surface area contributed by atoms with Gasteiger partial charge in [0.05, 0.1) is 26.5 Å². The summed E-state index contributed by atoms with van der Waals surface area (Å²) in [6.07, 6.45) is 1.67. The summed E-state index contributed by atoms with van der Waals surface area (Å²) in [5.74, 6) is 0.310. The third-order valence-corrected chi connectivity index (χ3v) is 4.86. The normalized spacial score (nSPS) is 15.0. The Bertz CT molecular complexity index is 990. The molecule has 0 saturated carbocycles. The third-order valence-electron chi connectivity index (χ3n) is 4.46. The summed E-state index contributed by atoms with van der Waals surface area (Å²) in [6, 6.07) is 14.4. The summed E-state index contributed by atoms with van der Waals surface area (Å²) in [5, 5.41) is 0.209. The van der Waals surface area contributed by atoms with E-state index in [1.165, 1.54) is 16.9 Å². The molecule has 1 amide bonds. The SMILES string of the molecule is CCOc1ccc(C=C2C(=O)N(c3ccccc3)C(=S)N2CC(=O)OC)cc1OC. The van der Waals surface area contributed by atoms with Gasteiger partial charge >= 0.3 is 5.97 Å². The molecule has 0 N–H and O–H groups in total. The fourth-order valence-corrected chi connectivity index (χ4v) is 3.39. The van der Waals surface area contributed by atoms with E-state index in [0.29, 0.717) is 29.4 Å². The highest BCUT2D eigenvalue weighted by molar-refractivity contribution is 7.80. The monoisotopic (exact) mass is 426 g/mol. The molecule has 8 heteroatoms. The van der Waals surface area contributed by atoms with E-state index < -0.39 is 5.97 Å². The zero-order valence-corrected chi connectivity index (χ0v) is 17.8. The largest absolute Gasteiger partial charge is 0.493 e. The van der Waals surface area contributed by atoms with Gasteiger partial charge in [0.25, 0.3) is 5.91 Å². The Hall–Kier alpha value is -3.39. The topological polar surface area (TPSA) is 68.3 Å². The minimum absolute atomic E-state index is 0.176. The van der Waals surface area contributed by atoms with E-state index in [0.717, 1.165) is 0 Å². The molecule has 0 spiro atoms. The Morgan fingerprint density at radius 3 is 2.47 bits per heavy atom. The number of carbonyl (C=O) groups excluding carboxylic acids is 2. The van der Waals surface area contributed by atoms with Crippen LogP contribution in [0, 0.1) is 0 Å². The van der Waals surface area contributed by atoms with Crippen LogP contribution in [0.2, 0.25) is 0 Å². The van der Waals surface area contributed by atoms with Gasteiger partial charge in [0.15, 0.2) is 16.6 Å². The fraction of sp³-hybridized carbons (Fsp3) is 0.227. The molecular formula is C22H22N2O5S. The number of nitrogens with zero attached hydrogens (tertiary/aromatic N) is 2. The van der Waals surface area contributed by atoms with Crippen molar-refractivity contribution in [2.75, 3.05) is 32.3 Å². The van der Waals surface area contributed by atoms with Crippen LogP contribution in [0.25, 0.3) is 6.08 Å². The Balaban J connectivity index is 2.04. The lowest BCUT2D eigenvalue weighted by molar-refractivity contribution is -0.140. The highest BCUT2D eigenvalue weighted by Gasteiger charge is 2.40. The van der Waals surface area contributed by atoms with Crippen molar-refractivity contribution in [2.24, 2.45) is 0 Å². The summed E-state index contributed by atoms with van der Waals surface area (Å²) in [5.41, 5.74) is 1.58. The Morgan fingerprint density at radius 1 is 1.10 bits per heavy atom. The van der Waals surface area contributed by atoms with Gasteiger partial charge in [0, 0.05) is 0 Å². The Morgan fingerprint density at radius 2 is 1.83 bits per heavy atom. The number of carbonyl (C=O) groups is 2. The lowest BCUT2D eigenvalue weighted by atomic mass is 10.1. The molecule has 0 aliphatic carbocycles. The number of esters is 1. The number of para-hydroxylation sites is 1. The molecule has 3 rings (SSSR count). The maximum Gasteiger partial charge on any atom is 0.325 e. The number of amides is 1. The zero-order valence-electron chi connectivity index (χ0n) is 17.0. The molecule has 0 radical (unpaired) electrons. The standard InChI is InChI=1S/C22H22N2O5S/c1-4-29-18-11-10-15(13-19(18)27-2)12-17-21(26)24(16-8-6-5-7-9-16)22(30)23(17)14-20(25)28-3/h5-13H,4,14H2,1-3H3. The van der Waals surface area contributed by atoms with Crippen LogP contribution in [0.5, 0.6) is 11.5 Å². The number of thiocarbonyl (C=S) groups is 1. The number of benzene rings is 2. The van der Waals surface area contributed by atoms with Crippen LogP contribution in [0.1, 0.15) is 12.5 Å². The van der Waals surface area contributed by atoms with Gasteiger partial charge in [0.1, 0.15) is 12.2 Å². The summed E-state index contributed by atoms with van der Waals surface area (Å²) < 4.78 is 15.7. The van der Waals surface area contributed by atoms with E-state index in [-0.39, 0.29) is 23.3 Å². The highest BCUT2D eigenvalue weighted by atomic mass is 32.1. The van der Waals surface area contributed by atoms with Crippen molar-refractivity contribution in [2.45, 2.75) is 6.92 Å². The van der Waals surface area contributed by atoms with Crippen molar-refractivity contribution in [1.29, 1.82) is 0 Å². The number of rotatable bonds is 7. The molecule has 2 aromatic rings. The van der Waals surface area contributed by atoms with Crippen molar-refractivity contribution in [1.82, 2.24) is 4.90 Å². The van der Waals surface area contributed by atoms with E-state index in [1.54, 1.807) is 43.5 Å². The van der Waals surface area contributed by atoms with Gasteiger partial charge in [-0.3, -0.25) is 14.5 Å². The van der Waals surface area contributed by atoms with Gasteiger partial charge < -0.3 is 19.1 Å². The molecule has 0 aromatic heterocycles. The second kappa shape index (κ2) is 9.41. The van der Waals surface area contributed by atoms with Crippen LogP contribution < -0.4 is 14.4 Å². The molecule has 1 heterocycles. The second-order valence-corrected chi connectivity index (χ2v) is 6.66. The predicted octanol–water partition coefficient (Wildman–Crippen LogP) is 3.24. The van der Waals surface area contributed by atoms with Crippen molar-refractivity contribution in [3.05, 3.63) is 59.8 Å². The molecule has 1 fully saturated rings. The van der Waals surface area contributed by atoms with Crippen molar-refractivity contribution in [3.8, 4) is 11.5 Å². The number of methoxy groups -OCH3 is 2. The van der Waals surface area contributed by atoms with Crippen molar-refractivity contribution < 1.29 is 23.8 Å². The van der Waals surface area contributed by atoms with E-state index >= 15 is 0 Å². The maximum absolute atomic E-state index is 13.2. The molecule has 0 atom stereocenters. The molecule has 2 aromatic carbocycles. The van der Waals surface area contributed by atoms with Crippen LogP contribution in [-0.4, -0.2) is 49.3 Å². The van der Waals surface area contributed by atoms with E-state index in [1.807, 2.05) is 25.1 Å². The smallest absolute Gasteiger partial charge is 0.325 e. The number of hydrogen-bond donors (Lipinski definition) is 0. The van der Waals surface area contributed by atoms with Crippen LogP contribution in [-0.2, 0) is 14.3 Å². The third kappa shape index (κ3) is 4.28. The number of ether oxygens (including phenoxy) is 3. The first-order valence-corrected chi connectivity index (χ1v) is 9.71. The molecule has 7 nitrogen and oxygen atoms in total. The molecule has 30 heavy (non-hydrogen) atoms. The van der Waals surface area contributed by atoms with Crippen LogP contribution in [0.3, 0.4) is 0 Å². The molecule has 156 valence electrons. The van der Waals surface area contributed by atoms with E-state index in [2.05, 4.69) is 0 Å². The molecule has 1 aliphatic rings. The van der Waals surface area contributed by atoms with Gasteiger partial charge in [-0.2, -0.15) is 0 Å². The van der Waals surface area contributed by atoms with Crippen molar-refractivity contribution in [3.63, 3.8) is 0 Å². The average Bonchev–Trinajstić information content (AvgIpc) is 2.99. The summed E-state index contributed by atoms with van der Waals surface area (Å²) >= 11 is 5.52. The summed E-state index contributed by atoms with van der Waals surface area (Å²) in [7, 11) is 2.84. The second-order valence-electron chi connectivity index (χ2n) is 6.29. The number of hydrogen-bond acceptors (Lipinski definition) is 6. The lowest BCUT2D eigenvalue weighted by Crippen LogP contribution is -2.35. The first-order chi connectivity index (χ1) is 14.5. The van der Waals surface area contributed by atoms with Gasteiger partial charge in [-0.1, -0.05) is 24.3 Å². The van der Waals surface area contributed by atoms with Crippen LogP contribution in [0.15, 0.2) is 54.2 Å². The number of anilines is 1. The first-order valence-electron chi connectivity index (χ1n) is 9.30. The molecule has 1 saturated heterocycles. The fourth-order valence-electron chi connectivity index (χ4n) is 3.04. The summed E-state index contributed by atoms with van der Waals surface area (Å²) in [4.78, 5) is 28.1. The zero-order chi connectivity index (χ0) is 21.7. The van der Waals surface area contributed by atoms with Crippen molar-refractivity contribution >= 4 is 41.0 Å².